The summed E-state index contributed by atoms with van der Waals surface area (Å²) in [6.45, 7) is 1.84. The largest absolute Gasteiger partial charge is 0.497 e. The van der Waals surface area contributed by atoms with Crippen LogP contribution in [0.5, 0.6) is 5.75 Å². The number of methoxy groups -OCH3 is 1. The van der Waals surface area contributed by atoms with Gasteiger partial charge in [-0.3, -0.25) is 14.5 Å². The number of amides is 1. The fraction of sp³-hybridized carbons (Fsp3) is 0.250. The first-order valence-corrected chi connectivity index (χ1v) is 8.60. The first kappa shape index (κ1) is 17.0. The molecule has 1 aromatic carbocycles. The molecule has 0 saturated heterocycles. The van der Waals surface area contributed by atoms with E-state index in [1.165, 1.54) is 6.20 Å². The van der Waals surface area contributed by atoms with Crippen LogP contribution in [0.4, 0.5) is 0 Å². The van der Waals surface area contributed by atoms with Crippen molar-refractivity contribution < 1.29 is 17.9 Å². The predicted octanol–water partition coefficient (Wildman–Crippen LogP) is 1.59. The molecule has 122 valence electrons. The number of ether oxygens (including phenoxy) is 1. The van der Waals surface area contributed by atoms with Gasteiger partial charge < -0.3 is 4.74 Å². The number of pyridine rings is 1. The summed E-state index contributed by atoms with van der Waals surface area (Å²) in [6, 6.07) is 8.58. The molecular formula is C16H18N2O4S. The summed E-state index contributed by atoms with van der Waals surface area (Å²) >= 11 is 0. The molecule has 0 fully saturated rings. The van der Waals surface area contributed by atoms with Crippen molar-refractivity contribution in [2.24, 2.45) is 0 Å². The number of carbonyl (C=O) groups is 1. The van der Waals surface area contributed by atoms with Crippen LogP contribution in [0, 0.1) is 6.92 Å². The van der Waals surface area contributed by atoms with E-state index >= 15 is 0 Å². The maximum absolute atomic E-state index is 12.0. The van der Waals surface area contributed by atoms with Crippen molar-refractivity contribution in [3.63, 3.8) is 0 Å². The third-order valence-corrected chi connectivity index (χ3v) is 4.50. The van der Waals surface area contributed by atoms with Gasteiger partial charge in [-0.15, -0.1) is 0 Å². The van der Waals surface area contributed by atoms with Gasteiger partial charge in [-0.1, -0.05) is 12.1 Å². The summed E-state index contributed by atoms with van der Waals surface area (Å²) < 4.78 is 31.2. The smallest absolute Gasteiger partial charge is 0.239 e. The number of nitrogens with one attached hydrogen (secondary N) is 1. The first-order chi connectivity index (χ1) is 10.9. The Bertz CT molecular complexity index is 789. The molecule has 1 amide bonds. The third-order valence-electron chi connectivity index (χ3n) is 3.25. The zero-order valence-electron chi connectivity index (χ0n) is 12.9. The van der Waals surface area contributed by atoms with Gasteiger partial charge in [-0.2, -0.15) is 0 Å². The minimum atomic E-state index is -3.74. The molecule has 1 aromatic heterocycles. The van der Waals surface area contributed by atoms with Crippen molar-refractivity contribution in [1.82, 2.24) is 9.71 Å². The number of rotatable bonds is 6. The molecular weight excluding hydrogens is 316 g/mol. The number of carbonyl (C=O) groups excluding carboxylic acids is 1. The molecule has 2 rings (SSSR count). The second-order valence-corrected chi connectivity index (χ2v) is 6.84. The molecule has 0 aliphatic rings. The SMILES string of the molecule is COc1ccc(CC(=O)NS(=O)(=O)Cc2cccnc2)c(C)c1. The number of aryl methyl sites for hydroxylation is 1. The fourth-order valence-electron chi connectivity index (χ4n) is 2.12. The summed E-state index contributed by atoms with van der Waals surface area (Å²) in [7, 11) is -2.18. The molecule has 1 N–H and O–H groups in total. The second-order valence-electron chi connectivity index (χ2n) is 5.11. The maximum atomic E-state index is 12.0. The zero-order chi connectivity index (χ0) is 16.9. The lowest BCUT2D eigenvalue weighted by molar-refractivity contribution is -0.118. The Hall–Kier alpha value is -2.41. The summed E-state index contributed by atoms with van der Waals surface area (Å²) in [4.78, 5) is 15.8. The molecule has 0 atom stereocenters. The standard InChI is InChI=1S/C16H18N2O4S/c1-12-8-15(22-2)6-5-14(12)9-16(19)18-23(20,21)11-13-4-3-7-17-10-13/h3-8,10H,9,11H2,1-2H3,(H,18,19). The molecule has 1 heterocycles. The van der Waals surface area contributed by atoms with E-state index in [-0.39, 0.29) is 12.2 Å². The van der Waals surface area contributed by atoms with E-state index in [1.807, 2.05) is 6.92 Å². The Morgan fingerprint density at radius 3 is 2.70 bits per heavy atom. The number of hydrogen-bond donors (Lipinski definition) is 1. The van der Waals surface area contributed by atoms with Crippen molar-refractivity contribution in [2.45, 2.75) is 19.1 Å². The van der Waals surface area contributed by atoms with Crippen LogP contribution in [0.25, 0.3) is 0 Å². The van der Waals surface area contributed by atoms with Crippen LogP contribution < -0.4 is 9.46 Å². The Labute approximate surface area is 135 Å². The summed E-state index contributed by atoms with van der Waals surface area (Å²) in [5.41, 5.74) is 2.14. The van der Waals surface area contributed by atoms with Crippen LogP contribution in [-0.2, 0) is 27.0 Å². The Kier molecular flexibility index (Phi) is 5.33. The number of aromatic nitrogens is 1. The van der Waals surface area contributed by atoms with Gasteiger partial charge in [-0.05, 0) is 41.8 Å². The number of nitrogens with zero attached hydrogens (tertiary/aromatic N) is 1. The molecule has 0 aliphatic carbocycles. The van der Waals surface area contributed by atoms with Gasteiger partial charge in [0, 0.05) is 12.4 Å². The van der Waals surface area contributed by atoms with Gasteiger partial charge in [-0.25, -0.2) is 8.42 Å². The Morgan fingerprint density at radius 1 is 1.30 bits per heavy atom. The maximum Gasteiger partial charge on any atom is 0.239 e. The summed E-state index contributed by atoms with van der Waals surface area (Å²) in [5.74, 6) is -0.160. The van der Waals surface area contributed by atoms with E-state index in [9.17, 15) is 13.2 Å². The van der Waals surface area contributed by atoms with E-state index in [0.29, 0.717) is 11.3 Å². The van der Waals surface area contributed by atoms with Crippen LogP contribution >= 0.6 is 0 Å². The van der Waals surface area contributed by atoms with E-state index in [1.54, 1.807) is 43.6 Å². The van der Waals surface area contributed by atoms with Gasteiger partial charge in [0.15, 0.2) is 0 Å². The molecule has 23 heavy (non-hydrogen) atoms. The minimum Gasteiger partial charge on any atom is -0.497 e. The molecule has 0 unspecified atom stereocenters. The molecule has 0 bridgehead atoms. The lowest BCUT2D eigenvalue weighted by Gasteiger charge is -2.09. The predicted molar refractivity (Wildman–Crippen MR) is 86.4 cm³/mol. The van der Waals surface area contributed by atoms with E-state index in [0.717, 1.165) is 11.1 Å². The van der Waals surface area contributed by atoms with E-state index < -0.39 is 15.9 Å². The topological polar surface area (TPSA) is 85.4 Å². The van der Waals surface area contributed by atoms with Gasteiger partial charge in [0.05, 0.1) is 19.3 Å². The van der Waals surface area contributed by atoms with Crippen molar-refractivity contribution >= 4 is 15.9 Å². The zero-order valence-corrected chi connectivity index (χ0v) is 13.8. The van der Waals surface area contributed by atoms with Crippen LogP contribution in [0.3, 0.4) is 0 Å². The van der Waals surface area contributed by atoms with Gasteiger partial charge in [0.1, 0.15) is 5.75 Å². The number of benzene rings is 1. The summed E-state index contributed by atoms with van der Waals surface area (Å²) in [5, 5.41) is 0. The number of sulfonamides is 1. The highest BCUT2D eigenvalue weighted by Gasteiger charge is 2.16. The Morgan fingerprint density at radius 2 is 2.09 bits per heavy atom. The van der Waals surface area contributed by atoms with Gasteiger partial charge in [0.25, 0.3) is 0 Å². The fourth-order valence-corrected chi connectivity index (χ4v) is 3.22. The third kappa shape index (κ3) is 5.07. The molecule has 0 spiro atoms. The Balaban J connectivity index is 2.01. The lowest BCUT2D eigenvalue weighted by Crippen LogP contribution is -2.32. The van der Waals surface area contributed by atoms with Gasteiger partial charge in [0.2, 0.25) is 15.9 Å². The van der Waals surface area contributed by atoms with Crippen molar-refractivity contribution in [3.8, 4) is 5.75 Å². The van der Waals surface area contributed by atoms with Crippen LogP contribution in [0.15, 0.2) is 42.7 Å². The molecule has 0 saturated carbocycles. The average Bonchev–Trinajstić information content (AvgIpc) is 2.49. The molecule has 0 aliphatic heterocycles. The number of hydrogen-bond acceptors (Lipinski definition) is 5. The highest BCUT2D eigenvalue weighted by Crippen LogP contribution is 2.17. The highest BCUT2D eigenvalue weighted by molar-refractivity contribution is 7.89. The molecule has 6 nitrogen and oxygen atoms in total. The van der Waals surface area contributed by atoms with Crippen LogP contribution in [0.2, 0.25) is 0 Å². The monoisotopic (exact) mass is 334 g/mol. The molecule has 0 radical (unpaired) electrons. The van der Waals surface area contributed by atoms with Crippen LogP contribution in [0.1, 0.15) is 16.7 Å². The second kappa shape index (κ2) is 7.23. The lowest BCUT2D eigenvalue weighted by atomic mass is 10.1. The summed E-state index contributed by atoms with van der Waals surface area (Å²) in [6.07, 6.45) is 3.00. The van der Waals surface area contributed by atoms with Gasteiger partial charge >= 0.3 is 0 Å². The van der Waals surface area contributed by atoms with Crippen molar-refractivity contribution in [3.05, 3.63) is 59.4 Å². The van der Waals surface area contributed by atoms with E-state index in [4.69, 9.17) is 4.74 Å². The minimum absolute atomic E-state index is 0.0118. The van der Waals surface area contributed by atoms with Crippen molar-refractivity contribution in [1.29, 1.82) is 0 Å². The van der Waals surface area contributed by atoms with E-state index in [2.05, 4.69) is 9.71 Å². The average molecular weight is 334 g/mol. The quantitative estimate of drug-likeness (QED) is 0.867. The first-order valence-electron chi connectivity index (χ1n) is 6.95. The van der Waals surface area contributed by atoms with Crippen molar-refractivity contribution in [2.75, 3.05) is 7.11 Å². The molecule has 7 heteroatoms. The van der Waals surface area contributed by atoms with Crippen LogP contribution in [-0.4, -0.2) is 26.4 Å². The highest BCUT2D eigenvalue weighted by atomic mass is 32.2. The normalized spacial score (nSPS) is 11.0. The molecule has 2 aromatic rings.